The zero-order valence-electron chi connectivity index (χ0n) is 21.3. The number of pyridine rings is 1. The van der Waals surface area contributed by atoms with Gasteiger partial charge in [-0.2, -0.15) is 0 Å². The van der Waals surface area contributed by atoms with E-state index in [0.717, 1.165) is 17.5 Å². The third-order valence-electron chi connectivity index (χ3n) is 5.96. The number of anilines is 1. The number of carbonyl (C=O) groups is 3. The lowest BCUT2D eigenvalue weighted by Gasteiger charge is -2.36. The fourth-order valence-corrected chi connectivity index (χ4v) is 4.36. The van der Waals surface area contributed by atoms with Crippen LogP contribution in [0.3, 0.4) is 0 Å². The molecule has 0 saturated carbocycles. The summed E-state index contributed by atoms with van der Waals surface area (Å²) in [5.41, 5.74) is 0.00633. The Morgan fingerprint density at radius 1 is 1.13 bits per heavy atom. The Hall–Kier alpha value is -4.12. The fraction of sp³-hybridized carbons (Fsp3) is 0.346. The number of piperidine rings is 1. The van der Waals surface area contributed by atoms with Crippen LogP contribution in [0.1, 0.15) is 72.7 Å². The van der Waals surface area contributed by atoms with Gasteiger partial charge in [-0.05, 0) is 64.3 Å². The highest BCUT2D eigenvalue weighted by molar-refractivity contribution is 6.30. The van der Waals surface area contributed by atoms with E-state index in [4.69, 9.17) is 22.2 Å². The molecule has 2 aromatic heterocycles. The van der Waals surface area contributed by atoms with Crippen LogP contribution in [-0.2, 0) is 4.74 Å². The number of benzene rings is 1. The number of likely N-dealkylation sites (tertiary alicyclic amines) is 1. The Morgan fingerprint density at radius 3 is 2.45 bits per heavy atom. The van der Waals surface area contributed by atoms with Crippen molar-refractivity contribution in [3.63, 3.8) is 0 Å². The summed E-state index contributed by atoms with van der Waals surface area (Å²) < 4.78 is 6.59. The quantitative estimate of drug-likeness (QED) is 0.393. The van der Waals surface area contributed by atoms with E-state index in [9.17, 15) is 19.5 Å². The molecule has 1 saturated heterocycles. The van der Waals surface area contributed by atoms with Gasteiger partial charge in [-0.15, -0.1) is 0 Å². The average Bonchev–Trinajstić information content (AvgIpc) is 3.21. The molecule has 200 valence electrons. The minimum atomic E-state index is -1.27. The van der Waals surface area contributed by atoms with Crippen molar-refractivity contribution in [2.45, 2.75) is 51.7 Å². The van der Waals surface area contributed by atoms with E-state index in [1.165, 1.54) is 6.20 Å². The average molecular weight is 541 g/mol. The molecule has 0 bridgehead atoms. The van der Waals surface area contributed by atoms with Crippen LogP contribution in [0.5, 0.6) is 0 Å². The van der Waals surface area contributed by atoms with Gasteiger partial charge in [-0.25, -0.2) is 24.2 Å². The summed E-state index contributed by atoms with van der Waals surface area (Å²) in [6, 6.07) is 8.92. The highest BCUT2D eigenvalue weighted by atomic mass is 35.5. The fourth-order valence-electron chi connectivity index (χ4n) is 4.25. The largest absolute Gasteiger partial charge is 0.476 e. The summed E-state index contributed by atoms with van der Waals surface area (Å²) in [6.07, 6.45) is 3.08. The zero-order valence-corrected chi connectivity index (χ0v) is 22.0. The van der Waals surface area contributed by atoms with Gasteiger partial charge in [-0.1, -0.05) is 23.7 Å². The number of carboxylic acids is 1. The van der Waals surface area contributed by atoms with Gasteiger partial charge >= 0.3 is 12.1 Å². The Morgan fingerprint density at radius 2 is 1.84 bits per heavy atom. The minimum absolute atomic E-state index is 0.135. The summed E-state index contributed by atoms with van der Waals surface area (Å²) in [5.74, 6) is 5.17. The van der Waals surface area contributed by atoms with Crippen LogP contribution in [0.15, 0.2) is 42.6 Å². The normalized spacial score (nSPS) is 15.7. The second kappa shape index (κ2) is 10.7. The number of nitrogens with two attached hydrogens (primary N) is 1. The van der Waals surface area contributed by atoms with Crippen LogP contribution in [0.25, 0.3) is 11.3 Å². The molecule has 0 aliphatic carbocycles. The van der Waals surface area contributed by atoms with E-state index in [0.29, 0.717) is 34.9 Å². The number of ether oxygens (including phenoxy) is 1. The number of nitrogens with zero attached hydrogens (tertiary/aromatic N) is 4. The first kappa shape index (κ1) is 26.9. The number of nitrogens with one attached hydrogen (secondary N) is 1. The van der Waals surface area contributed by atoms with E-state index in [1.807, 2.05) is 0 Å². The number of rotatable bonds is 5. The van der Waals surface area contributed by atoms with Gasteiger partial charge in [0.25, 0.3) is 5.91 Å². The monoisotopic (exact) mass is 540 g/mol. The molecule has 1 fully saturated rings. The molecule has 2 amide bonds. The minimum Gasteiger partial charge on any atom is -0.476 e. The molecule has 4 N–H and O–H groups in total. The third-order valence-corrected chi connectivity index (χ3v) is 6.18. The van der Waals surface area contributed by atoms with Gasteiger partial charge in [-0.3, -0.25) is 9.69 Å². The Bertz CT molecular complexity index is 1350. The van der Waals surface area contributed by atoms with Crippen molar-refractivity contribution in [1.29, 1.82) is 0 Å². The molecule has 1 aliphatic heterocycles. The SMILES string of the molecule is CC(C)(C)OC(=O)N1CCCCC1c1nc(-c2ccc(C(=O)Nc3ccc(Cl)cn3)cc2)c(C(=O)O)n1N. The molecule has 1 aliphatic rings. The number of hydrogen-bond acceptors (Lipinski definition) is 7. The van der Waals surface area contributed by atoms with Crippen LogP contribution in [-0.4, -0.2) is 54.8 Å². The number of halogens is 1. The number of nitrogen functional groups attached to an aromatic ring is 1. The number of aromatic nitrogens is 3. The van der Waals surface area contributed by atoms with Gasteiger partial charge in [0.1, 0.15) is 17.1 Å². The summed E-state index contributed by atoms with van der Waals surface area (Å²) in [7, 11) is 0. The van der Waals surface area contributed by atoms with Crippen molar-refractivity contribution in [3.05, 3.63) is 64.7 Å². The van der Waals surface area contributed by atoms with Gasteiger partial charge in [0.05, 0.1) is 11.1 Å². The van der Waals surface area contributed by atoms with Gasteiger partial charge in [0.2, 0.25) is 0 Å². The predicted octanol–water partition coefficient (Wildman–Crippen LogP) is 4.72. The van der Waals surface area contributed by atoms with E-state index >= 15 is 0 Å². The highest BCUT2D eigenvalue weighted by Gasteiger charge is 2.36. The smallest absolute Gasteiger partial charge is 0.410 e. The first-order valence-corrected chi connectivity index (χ1v) is 12.5. The second-order valence-corrected chi connectivity index (χ2v) is 10.4. The lowest BCUT2D eigenvalue weighted by atomic mass is 10.0. The van der Waals surface area contributed by atoms with Crippen molar-refractivity contribution in [3.8, 4) is 11.3 Å². The van der Waals surface area contributed by atoms with Crippen LogP contribution in [0.2, 0.25) is 5.02 Å². The molecule has 12 heteroatoms. The van der Waals surface area contributed by atoms with Crippen LogP contribution < -0.4 is 11.2 Å². The summed E-state index contributed by atoms with van der Waals surface area (Å²) >= 11 is 5.83. The molecular weight excluding hydrogens is 512 g/mol. The maximum absolute atomic E-state index is 12.9. The van der Waals surface area contributed by atoms with Gasteiger partial charge in [0, 0.05) is 23.9 Å². The third kappa shape index (κ3) is 5.88. The van der Waals surface area contributed by atoms with E-state index < -0.39 is 29.6 Å². The number of imidazole rings is 1. The molecule has 1 unspecified atom stereocenters. The van der Waals surface area contributed by atoms with Crippen LogP contribution in [0, 0.1) is 0 Å². The topological polar surface area (TPSA) is 153 Å². The Labute approximate surface area is 224 Å². The lowest BCUT2D eigenvalue weighted by molar-refractivity contribution is 0.00821. The highest BCUT2D eigenvalue weighted by Crippen LogP contribution is 2.34. The van der Waals surface area contributed by atoms with E-state index in [1.54, 1.807) is 62.1 Å². The first-order chi connectivity index (χ1) is 17.9. The maximum Gasteiger partial charge on any atom is 0.410 e. The molecule has 1 aromatic carbocycles. The van der Waals surface area contributed by atoms with Gasteiger partial charge in [0.15, 0.2) is 11.5 Å². The molecule has 3 heterocycles. The number of aromatic carboxylic acids is 1. The zero-order chi connectivity index (χ0) is 27.6. The first-order valence-electron chi connectivity index (χ1n) is 12.1. The molecule has 0 spiro atoms. The van der Waals surface area contributed by atoms with Crippen molar-refractivity contribution < 1.29 is 24.2 Å². The van der Waals surface area contributed by atoms with Gasteiger partial charge < -0.3 is 21.0 Å². The summed E-state index contributed by atoms with van der Waals surface area (Å²) in [5, 5.41) is 13.1. The standard InChI is InChI=1S/C26H29ClN6O5/c1-26(2,3)38-25(37)32-13-5-4-6-18(32)22-31-20(21(24(35)36)33(22)28)15-7-9-16(10-8-15)23(34)30-19-12-11-17(27)14-29-19/h7-12,14,18H,4-6,13,28H2,1-3H3,(H,35,36)(H,29,30,34). The molecule has 1 atom stereocenters. The predicted molar refractivity (Wildman–Crippen MR) is 142 cm³/mol. The van der Waals surface area contributed by atoms with E-state index in [2.05, 4.69) is 15.3 Å². The molecular formula is C26H29ClN6O5. The number of carboxylic acid groups (broad SMARTS) is 1. The van der Waals surface area contributed by atoms with Crippen molar-refractivity contribution in [2.75, 3.05) is 17.7 Å². The van der Waals surface area contributed by atoms with Crippen molar-refractivity contribution >= 4 is 35.4 Å². The van der Waals surface area contributed by atoms with Crippen LogP contribution >= 0.6 is 11.6 Å². The molecule has 4 rings (SSSR count). The second-order valence-electron chi connectivity index (χ2n) is 9.92. The lowest BCUT2D eigenvalue weighted by Crippen LogP contribution is -2.43. The maximum atomic E-state index is 12.9. The van der Waals surface area contributed by atoms with Crippen molar-refractivity contribution in [2.24, 2.45) is 0 Å². The number of hydrogen-bond donors (Lipinski definition) is 3. The Balaban J connectivity index is 1.63. The molecule has 11 nitrogen and oxygen atoms in total. The van der Waals surface area contributed by atoms with Crippen molar-refractivity contribution in [1.82, 2.24) is 19.5 Å². The molecule has 38 heavy (non-hydrogen) atoms. The summed E-state index contributed by atoms with van der Waals surface area (Å²) in [4.78, 5) is 47.9. The van der Waals surface area contributed by atoms with E-state index in [-0.39, 0.29) is 17.2 Å². The number of amides is 2. The number of carbonyl (C=O) groups excluding carboxylic acids is 2. The molecule has 3 aromatic rings. The van der Waals surface area contributed by atoms with Crippen LogP contribution in [0.4, 0.5) is 10.6 Å². The molecule has 0 radical (unpaired) electrons. The summed E-state index contributed by atoms with van der Waals surface area (Å²) in [6.45, 7) is 5.79. The Kier molecular flexibility index (Phi) is 7.58.